The maximum Gasteiger partial charge on any atom is 0.534 e. The summed E-state index contributed by atoms with van der Waals surface area (Å²) in [6, 6.07) is 2.63. The molecular weight excluding hydrogens is 428 g/mol. The highest BCUT2D eigenvalue weighted by molar-refractivity contribution is 7.88. The van der Waals surface area contributed by atoms with Crippen LogP contribution in [0.5, 0.6) is 5.75 Å². The second kappa shape index (κ2) is 8.04. The van der Waals surface area contributed by atoms with Gasteiger partial charge < -0.3 is 9.08 Å². The molecule has 1 aliphatic carbocycles. The summed E-state index contributed by atoms with van der Waals surface area (Å²) in [5.74, 6) is -3.07. The fraction of sp³-hybridized carbons (Fsp3) is 0.588. The van der Waals surface area contributed by atoms with E-state index in [1.165, 1.54) is 6.07 Å². The van der Waals surface area contributed by atoms with Crippen molar-refractivity contribution in [3.05, 3.63) is 29.3 Å². The Morgan fingerprint density at radius 2 is 1.76 bits per heavy atom. The molecule has 1 saturated heterocycles. The van der Waals surface area contributed by atoms with Gasteiger partial charge in [0, 0.05) is 18.5 Å². The number of amides is 1. The zero-order valence-electron chi connectivity index (χ0n) is 15.5. The minimum Gasteiger partial charge on any atom is -0.376 e. The first-order valence-electron chi connectivity index (χ1n) is 8.82. The molecule has 2 aliphatic rings. The van der Waals surface area contributed by atoms with Gasteiger partial charge in [-0.3, -0.25) is 4.79 Å². The van der Waals surface area contributed by atoms with Crippen LogP contribution >= 0.6 is 0 Å². The summed E-state index contributed by atoms with van der Waals surface area (Å²) < 4.78 is 102. The van der Waals surface area contributed by atoms with Crippen LogP contribution in [0.25, 0.3) is 0 Å². The molecule has 0 saturated carbocycles. The third kappa shape index (κ3) is 4.62. The Morgan fingerprint density at radius 1 is 1.14 bits per heavy atom. The average molecular weight is 447 g/mol. The van der Waals surface area contributed by atoms with Crippen molar-refractivity contribution in [1.82, 2.24) is 4.90 Å². The number of piperidine rings is 1. The van der Waals surface area contributed by atoms with E-state index in [1.54, 1.807) is 0 Å². The molecule has 0 aromatic heterocycles. The topological polar surface area (TPSA) is 63.7 Å². The fourth-order valence-corrected chi connectivity index (χ4v) is 4.09. The lowest BCUT2D eigenvalue weighted by molar-refractivity contribution is -0.189. The number of benzene rings is 1. The molecule has 0 spiro atoms. The molecule has 12 heteroatoms. The van der Waals surface area contributed by atoms with E-state index < -0.39 is 45.4 Å². The number of fused-ring (bicyclic) bond motifs is 3. The minimum absolute atomic E-state index is 0.0701. The third-order valence-corrected chi connectivity index (χ3v) is 5.70. The molecule has 0 radical (unpaired) electrons. The van der Waals surface area contributed by atoms with Gasteiger partial charge in [0.1, 0.15) is 5.75 Å². The second-order valence-corrected chi connectivity index (χ2v) is 7.90. The molecule has 1 aliphatic heterocycles. The van der Waals surface area contributed by atoms with E-state index in [0.29, 0.717) is 17.5 Å². The smallest absolute Gasteiger partial charge is 0.376 e. The van der Waals surface area contributed by atoms with Crippen LogP contribution in [0.15, 0.2) is 18.2 Å². The van der Waals surface area contributed by atoms with Gasteiger partial charge in [-0.15, -0.1) is 0 Å². The Bertz CT molecular complexity index is 866. The number of nitrogens with zero attached hydrogens (tertiary/aromatic N) is 1. The van der Waals surface area contributed by atoms with Crippen molar-refractivity contribution in [3.8, 4) is 5.75 Å². The van der Waals surface area contributed by atoms with Crippen LogP contribution in [0.1, 0.15) is 43.7 Å². The number of carbonyl (C=O) groups is 1. The van der Waals surface area contributed by atoms with Gasteiger partial charge in [-0.1, -0.05) is 19.9 Å². The normalized spacial score (nSPS) is 21.6. The van der Waals surface area contributed by atoms with Crippen LogP contribution in [-0.4, -0.2) is 43.5 Å². The molecule has 2 unspecified atom stereocenters. The van der Waals surface area contributed by atoms with Gasteiger partial charge in [-0.25, -0.2) is 0 Å². The van der Waals surface area contributed by atoms with Crippen LogP contribution in [0.2, 0.25) is 0 Å². The number of hydrogen-bond acceptors (Lipinski definition) is 4. The lowest BCUT2D eigenvalue weighted by Gasteiger charge is -2.38. The quantitative estimate of drug-likeness (QED) is 0.389. The summed E-state index contributed by atoms with van der Waals surface area (Å²) >= 11 is 0. The van der Waals surface area contributed by atoms with Crippen molar-refractivity contribution in [2.24, 2.45) is 0 Å². The number of carbonyl (C=O) groups excluding carboxylic acids is 1. The van der Waals surface area contributed by atoms with Crippen molar-refractivity contribution in [3.63, 3.8) is 0 Å². The monoisotopic (exact) mass is 447 g/mol. The molecule has 1 fully saturated rings. The molecule has 1 heterocycles. The van der Waals surface area contributed by atoms with Gasteiger partial charge in [0.15, 0.2) is 0 Å². The Kier molecular flexibility index (Phi) is 6.46. The lowest BCUT2D eigenvalue weighted by atomic mass is 9.88. The highest BCUT2D eigenvalue weighted by atomic mass is 32.2. The average Bonchev–Trinajstić information content (AvgIpc) is 2.99. The predicted octanol–water partition coefficient (Wildman–Crippen LogP) is 4.13. The zero-order valence-corrected chi connectivity index (χ0v) is 16.3. The maximum atomic E-state index is 12.8. The van der Waals surface area contributed by atoms with Gasteiger partial charge in [-0.05, 0) is 42.5 Å². The van der Waals surface area contributed by atoms with Crippen LogP contribution < -0.4 is 4.18 Å². The van der Waals surface area contributed by atoms with E-state index in [-0.39, 0.29) is 19.4 Å². The lowest BCUT2D eigenvalue weighted by Crippen LogP contribution is -2.51. The van der Waals surface area contributed by atoms with Crippen LogP contribution in [0.4, 0.5) is 26.3 Å². The molecule has 0 bridgehead atoms. The van der Waals surface area contributed by atoms with Gasteiger partial charge >= 0.3 is 27.7 Å². The van der Waals surface area contributed by atoms with Crippen LogP contribution in [0.3, 0.4) is 0 Å². The van der Waals surface area contributed by atoms with Crippen molar-refractivity contribution < 1.29 is 43.7 Å². The largest absolute Gasteiger partial charge is 0.534 e. The first-order valence-corrected chi connectivity index (χ1v) is 10.2. The first-order chi connectivity index (χ1) is 13.3. The van der Waals surface area contributed by atoms with E-state index in [0.717, 1.165) is 17.0 Å². The SMILES string of the molecule is CC.O=C(N1CCCC2c3cc(OS(=O)(=O)C(F)(F)F)ccc3CC21)C(F)(F)F. The standard InChI is InChI=1S/C15H13F6NO4S.C2H6/c16-14(17,18)13(23)22-5-1-2-10-11-7-9(4-3-8(11)6-12(10)22)26-27(24,25)15(19,20)21;1-2/h3-4,7,10,12H,1-2,5-6H2;1-2H3. The van der Waals surface area contributed by atoms with E-state index in [9.17, 15) is 39.6 Å². The third-order valence-electron chi connectivity index (χ3n) is 4.72. The van der Waals surface area contributed by atoms with Crippen molar-refractivity contribution in [1.29, 1.82) is 0 Å². The molecule has 29 heavy (non-hydrogen) atoms. The summed E-state index contributed by atoms with van der Waals surface area (Å²) in [6.45, 7) is 3.93. The van der Waals surface area contributed by atoms with Gasteiger partial charge in [0.05, 0.1) is 0 Å². The highest BCUT2D eigenvalue weighted by Gasteiger charge is 2.50. The maximum absolute atomic E-state index is 12.8. The molecule has 3 rings (SSSR count). The van der Waals surface area contributed by atoms with Gasteiger partial charge in [0.25, 0.3) is 0 Å². The number of hydrogen-bond donors (Lipinski definition) is 0. The molecule has 0 N–H and O–H groups in total. The summed E-state index contributed by atoms with van der Waals surface area (Å²) in [5, 5.41) is 0. The Hall–Kier alpha value is -1.98. The number of likely N-dealkylation sites (tertiary alicyclic amines) is 1. The summed E-state index contributed by atoms with van der Waals surface area (Å²) in [7, 11) is -5.85. The van der Waals surface area contributed by atoms with Crippen molar-refractivity contribution in [2.75, 3.05) is 6.54 Å². The van der Waals surface area contributed by atoms with Crippen molar-refractivity contribution in [2.45, 2.75) is 56.8 Å². The van der Waals surface area contributed by atoms with Crippen LogP contribution in [-0.2, 0) is 21.3 Å². The second-order valence-electron chi connectivity index (χ2n) is 6.36. The molecule has 164 valence electrons. The molecule has 1 aromatic rings. The molecule has 5 nitrogen and oxygen atoms in total. The molecule has 1 amide bonds. The predicted molar refractivity (Wildman–Crippen MR) is 90.6 cm³/mol. The summed E-state index contributed by atoms with van der Waals surface area (Å²) in [4.78, 5) is 12.4. The Balaban J connectivity index is 0.00000145. The van der Waals surface area contributed by atoms with Crippen LogP contribution in [0, 0.1) is 0 Å². The zero-order chi connectivity index (χ0) is 22.2. The first kappa shape index (κ1) is 23.3. The van der Waals surface area contributed by atoms with Crippen molar-refractivity contribution >= 4 is 16.0 Å². The minimum atomic E-state index is -5.85. The van der Waals surface area contributed by atoms with E-state index >= 15 is 0 Å². The molecule has 1 aromatic carbocycles. The number of rotatable bonds is 2. The highest BCUT2D eigenvalue weighted by Crippen LogP contribution is 2.44. The Labute approximate surface area is 163 Å². The molecular formula is C17H19F6NO4S. The van der Waals surface area contributed by atoms with E-state index in [2.05, 4.69) is 4.18 Å². The van der Waals surface area contributed by atoms with Gasteiger partial charge in [0.2, 0.25) is 0 Å². The molecule has 2 atom stereocenters. The summed E-state index contributed by atoms with van der Waals surface area (Å²) in [5.41, 5.74) is -4.66. The number of alkyl halides is 6. The summed E-state index contributed by atoms with van der Waals surface area (Å²) in [6.07, 6.45) is -4.21. The Morgan fingerprint density at radius 3 is 2.31 bits per heavy atom. The number of halogens is 6. The van der Waals surface area contributed by atoms with E-state index in [4.69, 9.17) is 0 Å². The fourth-order valence-electron chi connectivity index (χ4n) is 3.64. The van der Waals surface area contributed by atoms with E-state index in [1.807, 2.05) is 13.8 Å². The van der Waals surface area contributed by atoms with Gasteiger partial charge in [-0.2, -0.15) is 34.8 Å².